The number of hydrogen-bond donors (Lipinski definition) is 1. The maximum Gasteiger partial charge on any atom is 0.0113 e. The van der Waals surface area contributed by atoms with Crippen LogP contribution in [-0.4, -0.2) is 38.1 Å². The smallest absolute Gasteiger partial charge is 0.0113 e. The van der Waals surface area contributed by atoms with Crippen molar-refractivity contribution in [2.24, 2.45) is 0 Å². The van der Waals surface area contributed by atoms with E-state index in [-0.39, 0.29) is 0 Å². The van der Waals surface area contributed by atoms with Gasteiger partial charge in [-0.15, -0.1) is 11.3 Å². The summed E-state index contributed by atoms with van der Waals surface area (Å²) in [7, 11) is 4.26. The van der Waals surface area contributed by atoms with Gasteiger partial charge in [0.1, 0.15) is 0 Å². The van der Waals surface area contributed by atoms with Gasteiger partial charge < -0.3 is 10.2 Å². The lowest BCUT2D eigenvalue weighted by Gasteiger charge is -2.17. The van der Waals surface area contributed by atoms with Crippen LogP contribution >= 0.6 is 11.3 Å². The zero-order valence-corrected chi connectivity index (χ0v) is 11.5. The summed E-state index contributed by atoms with van der Waals surface area (Å²) >= 11 is 1.86. The summed E-state index contributed by atoms with van der Waals surface area (Å²) in [4.78, 5) is 3.73. The Bertz CT molecular complexity index is 257. The van der Waals surface area contributed by atoms with Crippen molar-refractivity contribution in [1.82, 2.24) is 10.2 Å². The summed E-state index contributed by atoms with van der Waals surface area (Å²) in [6.45, 7) is 4.56. The standard InChI is InChI=1S/C13H24N2S/c1-4-12(11-13-7-5-10-16-13)14-8-6-9-15(2)3/h5,7,10,12,14H,4,6,8-9,11H2,1-3H3. The molecule has 2 nitrogen and oxygen atoms in total. The van der Waals surface area contributed by atoms with Crippen molar-refractivity contribution < 1.29 is 0 Å². The van der Waals surface area contributed by atoms with E-state index in [0.717, 1.165) is 6.54 Å². The van der Waals surface area contributed by atoms with Crippen LogP contribution in [-0.2, 0) is 6.42 Å². The van der Waals surface area contributed by atoms with E-state index >= 15 is 0 Å². The van der Waals surface area contributed by atoms with E-state index in [2.05, 4.69) is 48.7 Å². The van der Waals surface area contributed by atoms with Crippen molar-refractivity contribution in [3.63, 3.8) is 0 Å². The van der Waals surface area contributed by atoms with Crippen molar-refractivity contribution in [2.45, 2.75) is 32.2 Å². The predicted octanol–water partition coefficient (Wildman–Crippen LogP) is 2.61. The van der Waals surface area contributed by atoms with Crippen LogP contribution in [0.5, 0.6) is 0 Å². The molecule has 0 bridgehead atoms. The molecule has 0 saturated heterocycles. The molecule has 0 spiro atoms. The maximum absolute atomic E-state index is 3.64. The number of nitrogens with zero attached hydrogens (tertiary/aromatic N) is 1. The third kappa shape index (κ3) is 5.64. The molecule has 92 valence electrons. The van der Waals surface area contributed by atoms with Crippen LogP contribution in [0.15, 0.2) is 17.5 Å². The summed E-state index contributed by atoms with van der Waals surface area (Å²) in [5.41, 5.74) is 0. The Labute approximate surface area is 104 Å². The quantitative estimate of drug-likeness (QED) is 0.703. The first-order chi connectivity index (χ1) is 7.72. The summed E-state index contributed by atoms with van der Waals surface area (Å²) in [6.07, 6.45) is 3.62. The number of nitrogens with one attached hydrogen (secondary N) is 1. The van der Waals surface area contributed by atoms with E-state index in [0.29, 0.717) is 6.04 Å². The molecular weight excluding hydrogens is 216 g/mol. The van der Waals surface area contributed by atoms with E-state index in [1.165, 1.54) is 30.7 Å². The van der Waals surface area contributed by atoms with Crippen LogP contribution in [0.4, 0.5) is 0 Å². The van der Waals surface area contributed by atoms with E-state index in [9.17, 15) is 0 Å². The molecule has 0 amide bonds. The number of hydrogen-bond acceptors (Lipinski definition) is 3. The lowest BCUT2D eigenvalue weighted by Crippen LogP contribution is -2.32. The molecule has 16 heavy (non-hydrogen) atoms. The van der Waals surface area contributed by atoms with E-state index in [4.69, 9.17) is 0 Å². The fraction of sp³-hybridized carbons (Fsp3) is 0.692. The Morgan fingerprint density at radius 3 is 2.81 bits per heavy atom. The topological polar surface area (TPSA) is 15.3 Å². The van der Waals surface area contributed by atoms with Gasteiger partial charge in [-0.05, 0) is 57.9 Å². The van der Waals surface area contributed by atoms with Crippen molar-refractivity contribution in [3.8, 4) is 0 Å². The first-order valence-electron chi connectivity index (χ1n) is 6.13. The molecule has 1 unspecified atom stereocenters. The molecule has 3 heteroatoms. The lowest BCUT2D eigenvalue weighted by molar-refractivity contribution is 0.383. The minimum absolute atomic E-state index is 0.640. The minimum atomic E-state index is 0.640. The Hall–Kier alpha value is -0.380. The van der Waals surface area contributed by atoms with Gasteiger partial charge in [-0.2, -0.15) is 0 Å². The van der Waals surface area contributed by atoms with Gasteiger partial charge >= 0.3 is 0 Å². The molecule has 1 aromatic rings. The van der Waals surface area contributed by atoms with Gasteiger partial charge in [0, 0.05) is 10.9 Å². The normalized spacial score (nSPS) is 13.2. The van der Waals surface area contributed by atoms with Crippen LogP contribution in [0, 0.1) is 0 Å². The molecule has 1 heterocycles. The molecule has 1 aromatic heterocycles. The molecule has 1 rings (SSSR count). The van der Waals surface area contributed by atoms with Gasteiger partial charge in [0.2, 0.25) is 0 Å². The Morgan fingerprint density at radius 1 is 1.44 bits per heavy atom. The average Bonchev–Trinajstić information content (AvgIpc) is 2.75. The SMILES string of the molecule is CCC(Cc1cccs1)NCCCN(C)C. The van der Waals surface area contributed by atoms with E-state index < -0.39 is 0 Å². The zero-order chi connectivity index (χ0) is 11.8. The van der Waals surface area contributed by atoms with Gasteiger partial charge in [0.05, 0.1) is 0 Å². The van der Waals surface area contributed by atoms with Crippen molar-refractivity contribution >= 4 is 11.3 Å². The van der Waals surface area contributed by atoms with Gasteiger partial charge in [0.25, 0.3) is 0 Å². The highest BCUT2D eigenvalue weighted by Gasteiger charge is 2.06. The second-order valence-electron chi connectivity index (χ2n) is 4.50. The summed E-state index contributed by atoms with van der Waals surface area (Å²) in [5, 5.41) is 5.80. The largest absolute Gasteiger partial charge is 0.314 e. The zero-order valence-electron chi connectivity index (χ0n) is 10.7. The minimum Gasteiger partial charge on any atom is -0.314 e. The van der Waals surface area contributed by atoms with Crippen LogP contribution in [0.1, 0.15) is 24.6 Å². The highest BCUT2D eigenvalue weighted by molar-refractivity contribution is 7.09. The van der Waals surface area contributed by atoms with E-state index in [1.807, 2.05) is 11.3 Å². The maximum atomic E-state index is 3.64. The summed E-state index contributed by atoms with van der Waals surface area (Å²) in [6, 6.07) is 5.01. The van der Waals surface area contributed by atoms with E-state index in [1.54, 1.807) is 0 Å². The highest BCUT2D eigenvalue weighted by atomic mass is 32.1. The molecule has 0 aromatic carbocycles. The Kier molecular flexibility index (Phi) is 6.69. The third-order valence-corrected chi connectivity index (χ3v) is 3.63. The molecule has 1 atom stereocenters. The van der Waals surface area contributed by atoms with Gasteiger partial charge in [0.15, 0.2) is 0 Å². The van der Waals surface area contributed by atoms with Crippen molar-refractivity contribution in [1.29, 1.82) is 0 Å². The summed E-state index contributed by atoms with van der Waals surface area (Å²) in [5.74, 6) is 0. The molecule has 0 aliphatic carbocycles. The van der Waals surface area contributed by atoms with Crippen molar-refractivity contribution in [3.05, 3.63) is 22.4 Å². The van der Waals surface area contributed by atoms with Crippen LogP contribution < -0.4 is 5.32 Å². The third-order valence-electron chi connectivity index (χ3n) is 2.74. The fourth-order valence-corrected chi connectivity index (χ4v) is 2.52. The fourth-order valence-electron chi connectivity index (χ4n) is 1.73. The predicted molar refractivity (Wildman–Crippen MR) is 73.3 cm³/mol. The number of rotatable bonds is 8. The number of thiophene rings is 1. The Balaban J connectivity index is 2.17. The van der Waals surface area contributed by atoms with Gasteiger partial charge in [-0.25, -0.2) is 0 Å². The monoisotopic (exact) mass is 240 g/mol. The lowest BCUT2D eigenvalue weighted by atomic mass is 10.1. The molecule has 1 N–H and O–H groups in total. The molecule has 0 aliphatic heterocycles. The summed E-state index contributed by atoms with van der Waals surface area (Å²) < 4.78 is 0. The van der Waals surface area contributed by atoms with Crippen LogP contribution in [0.3, 0.4) is 0 Å². The second-order valence-corrected chi connectivity index (χ2v) is 5.53. The highest BCUT2D eigenvalue weighted by Crippen LogP contribution is 2.12. The first-order valence-corrected chi connectivity index (χ1v) is 7.00. The van der Waals surface area contributed by atoms with Crippen LogP contribution in [0.2, 0.25) is 0 Å². The van der Waals surface area contributed by atoms with Crippen LogP contribution in [0.25, 0.3) is 0 Å². The van der Waals surface area contributed by atoms with Gasteiger partial charge in [-0.3, -0.25) is 0 Å². The molecule has 0 aliphatic rings. The second kappa shape index (κ2) is 7.82. The molecule has 0 radical (unpaired) electrons. The van der Waals surface area contributed by atoms with Crippen molar-refractivity contribution in [2.75, 3.05) is 27.2 Å². The van der Waals surface area contributed by atoms with Gasteiger partial charge in [-0.1, -0.05) is 13.0 Å². The molecular formula is C13H24N2S. The first kappa shape index (κ1) is 13.7. The molecule has 0 saturated carbocycles. The molecule has 0 fully saturated rings. The Morgan fingerprint density at radius 2 is 2.25 bits per heavy atom. The average molecular weight is 240 g/mol.